The van der Waals surface area contributed by atoms with E-state index < -0.39 is 11.6 Å². The third-order valence-electron chi connectivity index (χ3n) is 4.74. The van der Waals surface area contributed by atoms with Crippen LogP contribution in [0, 0.1) is 17.6 Å². The summed E-state index contributed by atoms with van der Waals surface area (Å²) in [4.78, 5) is 25.1. The zero-order valence-electron chi connectivity index (χ0n) is 14.6. The van der Waals surface area contributed by atoms with Crippen molar-refractivity contribution in [1.29, 1.82) is 0 Å². The topological polar surface area (TPSA) is 46.6 Å². The van der Waals surface area contributed by atoms with E-state index in [4.69, 9.17) is 0 Å². The summed E-state index contributed by atoms with van der Waals surface area (Å²) >= 11 is 0. The van der Waals surface area contributed by atoms with E-state index in [9.17, 15) is 18.4 Å². The van der Waals surface area contributed by atoms with Crippen LogP contribution in [0.5, 0.6) is 0 Å². The molecule has 0 N–H and O–H groups in total. The lowest BCUT2D eigenvalue weighted by molar-refractivity contribution is -0.141. The highest BCUT2D eigenvalue weighted by Crippen LogP contribution is 2.24. The smallest absolute Gasteiger partial charge is 0.305 e. The van der Waals surface area contributed by atoms with E-state index in [-0.39, 0.29) is 29.8 Å². The number of rotatable bonds is 7. The van der Waals surface area contributed by atoms with Crippen molar-refractivity contribution in [3.05, 3.63) is 35.4 Å². The first-order valence-corrected chi connectivity index (χ1v) is 8.78. The lowest BCUT2D eigenvalue weighted by Gasteiger charge is -2.33. The number of likely N-dealkylation sites (tertiary alicyclic amines) is 1. The molecular formula is C19H25F2NO3. The molecule has 0 saturated carbocycles. The zero-order valence-corrected chi connectivity index (χ0v) is 14.6. The Balaban J connectivity index is 1.80. The van der Waals surface area contributed by atoms with Gasteiger partial charge in [0.1, 0.15) is 11.6 Å². The summed E-state index contributed by atoms with van der Waals surface area (Å²) in [5, 5.41) is 0. The van der Waals surface area contributed by atoms with Crippen LogP contribution in [0.1, 0.15) is 44.1 Å². The summed E-state index contributed by atoms with van der Waals surface area (Å²) in [5.41, 5.74) is 0.129. The Morgan fingerprint density at radius 1 is 1.24 bits per heavy atom. The highest BCUT2D eigenvalue weighted by atomic mass is 19.1. The Morgan fingerprint density at radius 2 is 1.96 bits per heavy atom. The van der Waals surface area contributed by atoms with Gasteiger partial charge in [0.15, 0.2) is 0 Å². The molecule has 2 rings (SSSR count). The van der Waals surface area contributed by atoms with E-state index in [2.05, 4.69) is 4.74 Å². The van der Waals surface area contributed by atoms with Crippen molar-refractivity contribution in [2.75, 3.05) is 20.2 Å². The number of methoxy groups -OCH3 is 1. The second kappa shape index (κ2) is 9.49. The van der Waals surface area contributed by atoms with Crippen LogP contribution in [0.3, 0.4) is 0 Å². The fourth-order valence-corrected chi connectivity index (χ4v) is 3.29. The maximum Gasteiger partial charge on any atom is 0.305 e. The number of amides is 1. The highest BCUT2D eigenvalue weighted by molar-refractivity contribution is 5.77. The summed E-state index contributed by atoms with van der Waals surface area (Å²) in [6.45, 7) is 1.33. The first kappa shape index (κ1) is 19.3. The molecule has 1 amide bonds. The molecule has 0 spiro atoms. The number of nitrogens with zero attached hydrogens (tertiary/aromatic N) is 1. The molecule has 6 heteroatoms. The predicted molar refractivity (Wildman–Crippen MR) is 89.9 cm³/mol. The van der Waals surface area contributed by atoms with Gasteiger partial charge in [0, 0.05) is 31.5 Å². The Bertz CT molecular complexity index is 586. The lowest BCUT2D eigenvalue weighted by atomic mass is 9.91. The molecule has 1 fully saturated rings. The second-order valence-corrected chi connectivity index (χ2v) is 6.52. The second-order valence-electron chi connectivity index (χ2n) is 6.52. The standard InChI is InChI=1S/C19H25F2NO3/c1-25-19(24)9-3-8-18(23)22-12-4-5-14(13-22)10-11-15-16(20)6-2-7-17(15)21/h2,6-7,14H,3-5,8-13H2,1H3/t14-/m1/s1. The molecule has 1 atom stereocenters. The van der Waals surface area contributed by atoms with Crippen LogP contribution < -0.4 is 0 Å². The summed E-state index contributed by atoms with van der Waals surface area (Å²) in [7, 11) is 1.33. The molecule has 25 heavy (non-hydrogen) atoms. The van der Waals surface area contributed by atoms with E-state index in [1.807, 2.05) is 4.90 Å². The fourth-order valence-electron chi connectivity index (χ4n) is 3.29. The molecular weight excluding hydrogens is 328 g/mol. The zero-order chi connectivity index (χ0) is 18.2. The molecule has 1 saturated heterocycles. The third-order valence-corrected chi connectivity index (χ3v) is 4.74. The number of piperidine rings is 1. The van der Waals surface area contributed by atoms with Gasteiger partial charge in [-0.3, -0.25) is 9.59 Å². The number of hydrogen-bond donors (Lipinski definition) is 0. The number of esters is 1. The Hall–Kier alpha value is -1.98. The van der Waals surface area contributed by atoms with Gasteiger partial charge in [-0.1, -0.05) is 6.07 Å². The SMILES string of the molecule is COC(=O)CCCC(=O)N1CCC[C@H](CCc2c(F)cccc2F)C1. The number of halogens is 2. The lowest BCUT2D eigenvalue weighted by Crippen LogP contribution is -2.40. The van der Waals surface area contributed by atoms with Crippen LogP contribution in [0.25, 0.3) is 0 Å². The third kappa shape index (κ3) is 5.80. The van der Waals surface area contributed by atoms with Gasteiger partial charge in [-0.15, -0.1) is 0 Å². The normalized spacial score (nSPS) is 17.4. The fraction of sp³-hybridized carbons (Fsp3) is 0.579. The molecule has 0 radical (unpaired) electrons. The maximum absolute atomic E-state index is 13.7. The average molecular weight is 353 g/mol. The molecule has 1 aliphatic rings. The number of carbonyl (C=O) groups is 2. The van der Waals surface area contributed by atoms with Crippen LogP contribution in [-0.2, 0) is 20.7 Å². The minimum atomic E-state index is -0.508. The van der Waals surface area contributed by atoms with E-state index in [1.165, 1.54) is 25.3 Å². The summed E-state index contributed by atoms with van der Waals surface area (Å²) < 4.78 is 32.0. The minimum Gasteiger partial charge on any atom is -0.469 e. The number of benzene rings is 1. The van der Waals surface area contributed by atoms with Crippen LogP contribution >= 0.6 is 0 Å². The number of hydrogen-bond acceptors (Lipinski definition) is 3. The first-order valence-electron chi connectivity index (χ1n) is 8.78. The van der Waals surface area contributed by atoms with Gasteiger partial charge in [0.2, 0.25) is 5.91 Å². The van der Waals surface area contributed by atoms with Gasteiger partial charge in [-0.05, 0) is 50.2 Å². The van der Waals surface area contributed by atoms with Crippen molar-refractivity contribution in [3.8, 4) is 0 Å². The molecule has 1 aromatic carbocycles. The van der Waals surface area contributed by atoms with Crippen molar-refractivity contribution >= 4 is 11.9 Å². The maximum atomic E-state index is 13.7. The molecule has 0 aromatic heterocycles. The molecule has 1 aromatic rings. The molecule has 1 heterocycles. The molecule has 0 unspecified atom stereocenters. The van der Waals surface area contributed by atoms with Crippen LogP contribution in [0.4, 0.5) is 8.78 Å². The molecule has 0 aliphatic carbocycles. The molecule has 4 nitrogen and oxygen atoms in total. The minimum absolute atomic E-state index is 0.0330. The van der Waals surface area contributed by atoms with Crippen molar-refractivity contribution in [3.63, 3.8) is 0 Å². The van der Waals surface area contributed by atoms with Crippen molar-refractivity contribution < 1.29 is 23.1 Å². The van der Waals surface area contributed by atoms with Gasteiger partial charge in [0.05, 0.1) is 7.11 Å². The van der Waals surface area contributed by atoms with Crippen molar-refractivity contribution in [2.24, 2.45) is 5.92 Å². The van der Waals surface area contributed by atoms with Crippen LogP contribution in [0.15, 0.2) is 18.2 Å². The van der Waals surface area contributed by atoms with Gasteiger partial charge in [-0.25, -0.2) is 8.78 Å². The summed E-state index contributed by atoms with van der Waals surface area (Å²) in [6, 6.07) is 3.91. The van der Waals surface area contributed by atoms with Gasteiger partial charge >= 0.3 is 5.97 Å². The Labute approximate surface area is 147 Å². The summed E-state index contributed by atoms with van der Waals surface area (Å²) in [5.74, 6) is -1.04. The predicted octanol–water partition coefficient (Wildman–Crippen LogP) is 3.48. The quantitative estimate of drug-likeness (QED) is 0.705. The van der Waals surface area contributed by atoms with E-state index in [0.29, 0.717) is 38.8 Å². The average Bonchev–Trinajstić information content (AvgIpc) is 2.61. The van der Waals surface area contributed by atoms with Crippen LogP contribution in [0.2, 0.25) is 0 Å². The largest absolute Gasteiger partial charge is 0.469 e. The Kier molecular flexibility index (Phi) is 7.34. The van der Waals surface area contributed by atoms with Gasteiger partial charge < -0.3 is 9.64 Å². The van der Waals surface area contributed by atoms with E-state index >= 15 is 0 Å². The van der Waals surface area contributed by atoms with Gasteiger partial charge in [-0.2, -0.15) is 0 Å². The number of carbonyl (C=O) groups excluding carboxylic acids is 2. The molecule has 138 valence electrons. The van der Waals surface area contributed by atoms with Crippen LogP contribution in [-0.4, -0.2) is 37.0 Å². The van der Waals surface area contributed by atoms with E-state index in [0.717, 1.165) is 12.8 Å². The van der Waals surface area contributed by atoms with Crippen molar-refractivity contribution in [1.82, 2.24) is 4.90 Å². The Morgan fingerprint density at radius 3 is 2.64 bits per heavy atom. The van der Waals surface area contributed by atoms with E-state index in [1.54, 1.807) is 0 Å². The first-order chi connectivity index (χ1) is 12.0. The molecule has 1 aliphatic heterocycles. The van der Waals surface area contributed by atoms with Gasteiger partial charge in [0.25, 0.3) is 0 Å². The number of ether oxygens (including phenoxy) is 1. The van der Waals surface area contributed by atoms with Crippen molar-refractivity contribution in [2.45, 2.75) is 44.9 Å². The molecule has 0 bridgehead atoms. The monoisotopic (exact) mass is 353 g/mol. The highest BCUT2D eigenvalue weighted by Gasteiger charge is 2.24. The summed E-state index contributed by atoms with van der Waals surface area (Å²) in [6.07, 6.45) is 3.90.